The number of carbonyl (C=O) groups excluding carboxylic acids is 1. The Balaban J connectivity index is 2.74. The van der Waals surface area contributed by atoms with E-state index in [0.717, 1.165) is 21.7 Å². The number of likely N-dealkylation sites (N-methyl/N-ethyl adjacent to an activating group) is 1. The lowest BCUT2D eigenvalue weighted by Crippen LogP contribution is -2.43. The highest BCUT2D eigenvalue weighted by Crippen LogP contribution is 2.16. The van der Waals surface area contributed by atoms with E-state index in [2.05, 4.69) is 22.2 Å². The van der Waals surface area contributed by atoms with Gasteiger partial charge in [0.05, 0.1) is 13.1 Å². The zero-order chi connectivity index (χ0) is 17.4. The summed E-state index contributed by atoms with van der Waals surface area (Å²) in [4.78, 5) is 17.7. The molecule has 6 heteroatoms. The molecule has 126 valence electrons. The maximum Gasteiger partial charge on any atom is 0.241 e. The molecule has 1 aromatic rings. The van der Waals surface area contributed by atoms with E-state index < -0.39 is 0 Å². The molecule has 0 saturated heterocycles. The Kier molecular flexibility index (Phi) is 7.62. The molecule has 0 atom stereocenters. The van der Waals surface area contributed by atoms with Gasteiger partial charge in [-0.05, 0) is 31.0 Å². The Labute approximate surface area is 143 Å². The normalized spacial score (nSPS) is 11.1. The van der Waals surface area contributed by atoms with Crippen molar-refractivity contribution in [3.05, 3.63) is 46.5 Å². The Morgan fingerprint density at radius 2 is 1.96 bits per heavy atom. The highest BCUT2D eigenvalue weighted by atomic mass is 35.5. The lowest BCUT2D eigenvalue weighted by atomic mass is 10.1. The van der Waals surface area contributed by atoms with Gasteiger partial charge in [0.15, 0.2) is 5.96 Å². The summed E-state index contributed by atoms with van der Waals surface area (Å²) in [5.74, 6) is 0.563. The van der Waals surface area contributed by atoms with E-state index in [0.29, 0.717) is 19.0 Å². The van der Waals surface area contributed by atoms with Gasteiger partial charge in [0.1, 0.15) is 0 Å². The summed E-state index contributed by atoms with van der Waals surface area (Å²) in [7, 11) is 3.44. The summed E-state index contributed by atoms with van der Waals surface area (Å²) in [6.07, 6.45) is 0. The van der Waals surface area contributed by atoms with Gasteiger partial charge >= 0.3 is 0 Å². The molecule has 1 aromatic carbocycles. The molecular weight excluding hydrogens is 312 g/mol. The Hall–Kier alpha value is -2.01. The van der Waals surface area contributed by atoms with Gasteiger partial charge < -0.3 is 15.5 Å². The lowest BCUT2D eigenvalue weighted by molar-refractivity contribution is -0.127. The minimum atomic E-state index is -0.0165. The van der Waals surface area contributed by atoms with Crippen LogP contribution in [0.15, 0.2) is 35.3 Å². The SMILES string of the molecule is C=C(C)CNC(=NCc1ccc(Cl)c(C)c1)NCC(=O)N(C)C. The molecule has 0 bridgehead atoms. The molecule has 0 radical (unpaired) electrons. The van der Waals surface area contributed by atoms with Crippen LogP contribution >= 0.6 is 11.6 Å². The van der Waals surface area contributed by atoms with E-state index >= 15 is 0 Å². The van der Waals surface area contributed by atoms with E-state index in [-0.39, 0.29) is 12.5 Å². The molecular formula is C17H25ClN4O. The fraction of sp³-hybridized carbons (Fsp3) is 0.412. The Bertz CT molecular complexity index is 596. The molecule has 5 nitrogen and oxygen atoms in total. The number of aryl methyl sites for hydroxylation is 1. The third-order valence-electron chi connectivity index (χ3n) is 3.11. The molecule has 1 rings (SSSR count). The highest BCUT2D eigenvalue weighted by Gasteiger charge is 2.06. The second kappa shape index (κ2) is 9.20. The van der Waals surface area contributed by atoms with Crippen LogP contribution in [0.2, 0.25) is 5.02 Å². The van der Waals surface area contributed by atoms with Crippen molar-refractivity contribution in [2.24, 2.45) is 4.99 Å². The van der Waals surface area contributed by atoms with Gasteiger partial charge in [0, 0.05) is 25.7 Å². The molecule has 0 fully saturated rings. The average molecular weight is 337 g/mol. The summed E-state index contributed by atoms with van der Waals surface area (Å²) in [5.41, 5.74) is 3.06. The summed E-state index contributed by atoms with van der Waals surface area (Å²) in [6, 6.07) is 5.82. The van der Waals surface area contributed by atoms with Gasteiger partial charge in [-0.2, -0.15) is 0 Å². The predicted molar refractivity (Wildman–Crippen MR) is 96.8 cm³/mol. The van der Waals surface area contributed by atoms with Gasteiger partial charge in [0.25, 0.3) is 0 Å². The van der Waals surface area contributed by atoms with Crippen LogP contribution in [0, 0.1) is 6.92 Å². The number of hydrogen-bond acceptors (Lipinski definition) is 2. The fourth-order valence-electron chi connectivity index (χ4n) is 1.70. The van der Waals surface area contributed by atoms with Crippen LogP contribution in [0.3, 0.4) is 0 Å². The maximum absolute atomic E-state index is 11.7. The third-order valence-corrected chi connectivity index (χ3v) is 3.53. The van der Waals surface area contributed by atoms with E-state index in [1.54, 1.807) is 14.1 Å². The monoisotopic (exact) mass is 336 g/mol. The van der Waals surface area contributed by atoms with Crippen molar-refractivity contribution in [3.8, 4) is 0 Å². The number of carbonyl (C=O) groups is 1. The van der Waals surface area contributed by atoms with Crippen molar-refractivity contribution in [2.75, 3.05) is 27.2 Å². The topological polar surface area (TPSA) is 56.7 Å². The molecule has 0 aliphatic carbocycles. The van der Waals surface area contributed by atoms with Crippen molar-refractivity contribution in [1.82, 2.24) is 15.5 Å². The van der Waals surface area contributed by atoms with Crippen LogP contribution in [0.25, 0.3) is 0 Å². The van der Waals surface area contributed by atoms with E-state index in [9.17, 15) is 4.79 Å². The number of nitrogens with zero attached hydrogens (tertiary/aromatic N) is 2. The molecule has 0 aliphatic rings. The minimum absolute atomic E-state index is 0.0165. The number of nitrogens with one attached hydrogen (secondary N) is 2. The second-order valence-corrected chi connectivity index (χ2v) is 6.11. The summed E-state index contributed by atoms with van der Waals surface area (Å²) in [5, 5.41) is 6.93. The van der Waals surface area contributed by atoms with Crippen LogP contribution in [0.1, 0.15) is 18.1 Å². The zero-order valence-electron chi connectivity index (χ0n) is 14.2. The summed E-state index contributed by atoms with van der Waals surface area (Å²) in [6.45, 7) is 9.03. The van der Waals surface area contributed by atoms with Crippen molar-refractivity contribution >= 4 is 23.5 Å². The van der Waals surface area contributed by atoms with E-state index in [1.807, 2.05) is 32.0 Å². The number of guanidine groups is 1. The molecule has 2 N–H and O–H groups in total. The quantitative estimate of drug-likeness (QED) is 0.476. The molecule has 23 heavy (non-hydrogen) atoms. The molecule has 0 unspecified atom stereocenters. The van der Waals surface area contributed by atoms with Crippen LogP contribution < -0.4 is 10.6 Å². The number of amides is 1. The first-order valence-electron chi connectivity index (χ1n) is 7.41. The van der Waals surface area contributed by atoms with E-state index in [4.69, 9.17) is 11.6 Å². The predicted octanol–water partition coefficient (Wildman–Crippen LogP) is 2.35. The first-order chi connectivity index (χ1) is 10.8. The number of benzene rings is 1. The first-order valence-corrected chi connectivity index (χ1v) is 7.79. The summed E-state index contributed by atoms with van der Waals surface area (Å²) < 4.78 is 0. The average Bonchev–Trinajstić information content (AvgIpc) is 2.49. The van der Waals surface area contributed by atoms with Crippen LogP contribution in [0.4, 0.5) is 0 Å². The number of aliphatic imine (C=N–C) groups is 1. The molecule has 0 aliphatic heterocycles. The van der Waals surface area contributed by atoms with Crippen molar-refractivity contribution < 1.29 is 4.79 Å². The van der Waals surface area contributed by atoms with Crippen LogP contribution in [0.5, 0.6) is 0 Å². The molecule has 0 aromatic heterocycles. The molecule has 0 saturated carbocycles. The van der Waals surface area contributed by atoms with Crippen molar-refractivity contribution in [2.45, 2.75) is 20.4 Å². The van der Waals surface area contributed by atoms with Crippen LogP contribution in [-0.2, 0) is 11.3 Å². The Morgan fingerprint density at radius 1 is 1.30 bits per heavy atom. The van der Waals surface area contributed by atoms with Gasteiger partial charge in [-0.15, -0.1) is 0 Å². The van der Waals surface area contributed by atoms with Gasteiger partial charge in [-0.1, -0.05) is 35.9 Å². The number of rotatable bonds is 6. The van der Waals surface area contributed by atoms with E-state index in [1.165, 1.54) is 4.90 Å². The van der Waals surface area contributed by atoms with Gasteiger partial charge in [0.2, 0.25) is 5.91 Å². The minimum Gasteiger partial charge on any atom is -0.353 e. The third kappa shape index (κ3) is 7.19. The molecule has 0 spiro atoms. The Morgan fingerprint density at radius 3 is 2.52 bits per heavy atom. The largest absolute Gasteiger partial charge is 0.353 e. The zero-order valence-corrected chi connectivity index (χ0v) is 15.0. The highest BCUT2D eigenvalue weighted by molar-refractivity contribution is 6.31. The fourth-order valence-corrected chi connectivity index (χ4v) is 1.82. The lowest BCUT2D eigenvalue weighted by Gasteiger charge is -2.15. The second-order valence-electron chi connectivity index (χ2n) is 5.70. The summed E-state index contributed by atoms with van der Waals surface area (Å²) >= 11 is 6.03. The van der Waals surface area contributed by atoms with Crippen molar-refractivity contribution in [1.29, 1.82) is 0 Å². The number of halogens is 1. The van der Waals surface area contributed by atoms with Gasteiger partial charge in [-0.3, -0.25) is 4.79 Å². The maximum atomic E-state index is 11.7. The van der Waals surface area contributed by atoms with Gasteiger partial charge in [-0.25, -0.2) is 4.99 Å². The van der Waals surface area contributed by atoms with Crippen LogP contribution in [-0.4, -0.2) is 44.0 Å². The molecule has 0 heterocycles. The van der Waals surface area contributed by atoms with Crippen molar-refractivity contribution in [3.63, 3.8) is 0 Å². The first kappa shape index (κ1) is 19.0. The standard InChI is InChI=1S/C17H25ClN4O/c1-12(2)9-19-17(21-11-16(23)22(4)5)20-10-14-6-7-15(18)13(3)8-14/h6-8H,1,9-11H2,2-5H3,(H2,19,20,21). The smallest absolute Gasteiger partial charge is 0.241 e. The molecule has 1 amide bonds. The number of hydrogen-bond donors (Lipinski definition) is 2.